The van der Waals surface area contributed by atoms with E-state index in [-0.39, 0.29) is 0 Å². The van der Waals surface area contributed by atoms with Crippen molar-refractivity contribution in [2.24, 2.45) is 5.41 Å². The number of hydrogen-bond acceptors (Lipinski definition) is 1. The summed E-state index contributed by atoms with van der Waals surface area (Å²) in [6.07, 6.45) is 8.35. The summed E-state index contributed by atoms with van der Waals surface area (Å²) in [4.78, 5) is 2.23. The summed E-state index contributed by atoms with van der Waals surface area (Å²) in [5.74, 6) is 2.67. The second-order valence-electron chi connectivity index (χ2n) is 4.54. The zero-order valence-corrected chi connectivity index (χ0v) is 9.14. The summed E-state index contributed by atoms with van der Waals surface area (Å²) in [6.45, 7) is 13.1. The van der Waals surface area contributed by atoms with E-state index in [1.165, 1.54) is 6.42 Å². The molecule has 13 heavy (non-hydrogen) atoms. The Balaban J connectivity index is 3.83. The van der Waals surface area contributed by atoms with Gasteiger partial charge in [0.15, 0.2) is 0 Å². The first-order valence-electron chi connectivity index (χ1n) is 4.76. The van der Waals surface area contributed by atoms with E-state index in [0.717, 1.165) is 19.6 Å². The van der Waals surface area contributed by atoms with Crippen LogP contribution in [0, 0.1) is 17.8 Å². The van der Waals surface area contributed by atoms with Crippen LogP contribution in [0.2, 0.25) is 0 Å². The Morgan fingerprint density at radius 2 is 2.08 bits per heavy atom. The molecule has 0 N–H and O–H groups in total. The normalized spacial score (nSPS) is 11.3. The van der Waals surface area contributed by atoms with Gasteiger partial charge in [-0.3, -0.25) is 4.90 Å². The predicted octanol–water partition coefficient (Wildman–Crippen LogP) is 2.54. The highest BCUT2D eigenvalue weighted by Gasteiger charge is 2.11. The van der Waals surface area contributed by atoms with Crippen molar-refractivity contribution in [2.75, 3.05) is 19.6 Å². The third-order valence-electron chi connectivity index (χ3n) is 1.88. The van der Waals surface area contributed by atoms with E-state index in [0.29, 0.717) is 5.41 Å². The Hall–Kier alpha value is -0.740. The molecule has 0 bridgehead atoms. The molecule has 0 radical (unpaired) electrons. The van der Waals surface area contributed by atoms with Crippen LogP contribution < -0.4 is 0 Å². The van der Waals surface area contributed by atoms with Crippen LogP contribution in [0.5, 0.6) is 0 Å². The molecule has 0 fully saturated rings. The largest absolute Gasteiger partial charge is 0.289 e. The van der Waals surface area contributed by atoms with Crippen molar-refractivity contribution in [2.45, 2.75) is 27.2 Å². The first kappa shape index (κ1) is 12.3. The molecule has 0 unspecified atom stereocenters. The Morgan fingerprint density at radius 1 is 1.46 bits per heavy atom. The molecule has 0 amide bonds. The molecule has 0 atom stereocenters. The topological polar surface area (TPSA) is 3.24 Å². The fourth-order valence-electron chi connectivity index (χ4n) is 1.04. The van der Waals surface area contributed by atoms with E-state index in [2.05, 4.69) is 38.2 Å². The van der Waals surface area contributed by atoms with Crippen LogP contribution in [-0.2, 0) is 0 Å². The van der Waals surface area contributed by atoms with Crippen LogP contribution in [0.15, 0.2) is 12.7 Å². The Bertz CT molecular complexity index is 180. The van der Waals surface area contributed by atoms with Crippen LogP contribution in [0.1, 0.15) is 27.2 Å². The molecule has 0 rings (SSSR count). The Labute approximate surface area is 82.8 Å². The predicted molar refractivity (Wildman–Crippen MR) is 59.5 cm³/mol. The van der Waals surface area contributed by atoms with Gasteiger partial charge < -0.3 is 0 Å². The lowest BCUT2D eigenvalue weighted by Crippen LogP contribution is -2.28. The average Bonchev–Trinajstić information content (AvgIpc) is 2.00. The van der Waals surface area contributed by atoms with E-state index in [1.54, 1.807) is 0 Å². The molecule has 0 heterocycles. The van der Waals surface area contributed by atoms with Crippen molar-refractivity contribution in [3.05, 3.63) is 12.7 Å². The van der Waals surface area contributed by atoms with Crippen molar-refractivity contribution in [3.63, 3.8) is 0 Å². The molecule has 0 aromatic rings. The molecular weight excluding hydrogens is 158 g/mol. The smallest absolute Gasteiger partial charge is 0.0601 e. The maximum Gasteiger partial charge on any atom is 0.0601 e. The quantitative estimate of drug-likeness (QED) is 0.463. The van der Waals surface area contributed by atoms with E-state index in [1.807, 2.05) is 6.08 Å². The van der Waals surface area contributed by atoms with Crippen molar-refractivity contribution in [1.82, 2.24) is 4.90 Å². The van der Waals surface area contributed by atoms with Crippen LogP contribution in [0.25, 0.3) is 0 Å². The van der Waals surface area contributed by atoms with Gasteiger partial charge in [-0.15, -0.1) is 13.0 Å². The number of hydrogen-bond donors (Lipinski definition) is 0. The van der Waals surface area contributed by atoms with Gasteiger partial charge >= 0.3 is 0 Å². The lowest BCUT2D eigenvalue weighted by atomic mass is 9.92. The first-order chi connectivity index (χ1) is 5.99. The van der Waals surface area contributed by atoms with Gasteiger partial charge in [-0.05, 0) is 18.4 Å². The molecule has 1 nitrogen and oxygen atoms in total. The summed E-state index contributed by atoms with van der Waals surface area (Å²) >= 11 is 0. The zero-order valence-electron chi connectivity index (χ0n) is 9.14. The van der Waals surface area contributed by atoms with Gasteiger partial charge in [0.1, 0.15) is 0 Å². The third-order valence-corrected chi connectivity index (χ3v) is 1.88. The van der Waals surface area contributed by atoms with Gasteiger partial charge in [-0.2, -0.15) is 0 Å². The Kier molecular flexibility index (Phi) is 5.50. The van der Waals surface area contributed by atoms with Gasteiger partial charge in [0.05, 0.1) is 6.54 Å². The molecule has 74 valence electrons. The standard InChI is InChI=1S/C12H21N/c1-6-9-13(10-7-2)11-8-12(3,4)5/h1,7H,2,8-11H2,3-5H3. The lowest BCUT2D eigenvalue weighted by molar-refractivity contribution is 0.266. The van der Waals surface area contributed by atoms with Crippen molar-refractivity contribution in [1.29, 1.82) is 0 Å². The van der Waals surface area contributed by atoms with Crippen LogP contribution in [0.4, 0.5) is 0 Å². The molecule has 0 saturated carbocycles. The number of terminal acetylenes is 1. The fourth-order valence-corrected chi connectivity index (χ4v) is 1.04. The highest BCUT2D eigenvalue weighted by Crippen LogP contribution is 2.18. The Morgan fingerprint density at radius 3 is 2.46 bits per heavy atom. The minimum Gasteiger partial charge on any atom is -0.289 e. The fraction of sp³-hybridized carbons (Fsp3) is 0.667. The van der Waals surface area contributed by atoms with Crippen molar-refractivity contribution in [3.8, 4) is 12.3 Å². The summed E-state index contributed by atoms with van der Waals surface area (Å²) in [5.41, 5.74) is 0.383. The summed E-state index contributed by atoms with van der Waals surface area (Å²) in [5, 5.41) is 0. The van der Waals surface area contributed by atoms with Crippen LogP contribution >= 0.6 is 0 Å². The summed E-state index contributed by atoms with van der Waals surface area (Å²) < 4.78 is 0. The average molecular weight is 179 g/mol. The molecule has 0 spiro atoms. The third kappa shape index (κ3) is 7.62. The number of nitrogens with zero attached hydrogens (tertiary/aromatic N) is 1. The van der Waals surface area contributed by atoms with Crippen LogP contribution in [-0.4, -0.2) is 24.5 Å². The number of rotatable bonds is 5. The van der Waals surface area contributed by atoms with Crippen molar-refractivity contribution >= 4 is 0 Å². The van der Waals surface area contributed by atoms with E-state index < -0.39 is 0 Å². The minimum atomic E-state index is 0.383. The second kappa shape index (κ2) is 5.83. The van der Waals surface area contributed by atoms with Gasteiger partial charge in [0, 0.05) is 6.54 Å². The first-order valence-corrected chi connectivity index (χ1v) is 4.76. The highest BCUT2D eigenvalue weighted by atomic mass is 15.1. The maximum absolute atomic E-state index is 5.27. The second-order valence-corrected chi connectivity index (χ2v) is 4.54. The monoisotopic (exact) mass is 179 g/mol. The van der Waals surface area contributed by atoms with Gasteiger partial charge in [-0.1, -0.05) is 32.8 Å². The van der Waals surface area contributed by atoms with Gasteiger partial charge in [-0.25, -0.2) is 0 Å². The molecule has 0 aliphatic rings. The summed E-state index contributed by atoms with van der Waals surface area (Å²) in [6, 6.07) is 0. The van der Waals surface area contributed by atoms with Gasteiger partial charge in [0.2, 0.25) is 0 Å². The van der Waals surface area contributed by atoms with E-state index >= 15 is 0 Å². The molecule has 0 aliphatic heterocycles. The molecule has 0 aromatic heterocycles. The molecule has 0 saturated heterocycles. The maximum atomic E-state index is 5.27. The lowest BCUT2D eigenvalue weighted by Gasteiger charge is -2.24. The summed E-state index contributed by atoms with van der Waals surface area (Å²) in [7, 11) is 0. The zero-order chi connectivity index (χ0) is 10.3. The molecule has 1 heteroatoms. The molecular formula is C12H21N. The molecule has 0 aliphatic carbocycles. The van der Waals surface area contributed by atoms with Gasteiger partial charge in [0.25, 0.3) is 0 Å². The minimum absolute atomic E-state index is 0.383. The van der Waals surface area contributed by atoms with E-state index in [9.17, 15) is 0 Å². The van der Waals surface area contributed by atoms with E-state index in [4.69, 9.17) is 6.42 Å². The SMILES string of the molecule is C#CCN(CC=C)CCC(C)(C)C. The van der Waals surface area contributed by atoms with Crippen LogP contribution in [0.3, 0.4) is 0 Å². The highest BCUT2D eigenvalue weighted by molar-refractivity contribution is 4.90. The van der Waals surface area contributed by atoms with Crippen molar-refractivity contribution < 1.29 is 0 Å². The molecule has 0 aromatic carbocycles.